The molecule has 0 amide bonds. The van der Waals surface area contributed by atoms with Crippen LogP contribution in [0.2, 0.25) is 0 Å². The predicted octanol–water partition coefficient (Wildman–Crippen LogP) is 0.0946. The fraction of sp³-hybridized carbons (Fsp3) is 0.889. The van der Waals surface area contributed by atoms with Gasteiger partial charge in [0.2, 0.25) is 0 Å². The van der Waals surface area contributed by atoms with Crippen LogP contribution in [0.3, 0.4) is 0 Å². The number of nitrogens with one attached hydrogen (secondary N) is 2. The number of carbonyl (C=O) groups is 1. The lowest BCUT2D eigenvalue weighted by molar-refractivity contribution is -0.148. The van der Waals surface area contributed by atoms with Gasteiger partial charge in [-0.2, -0.15) is 0 Å². The standard InChI is InChI=1S/C9H18N2O2/c1-3-13-9(12)7(2)8-10-5-4-6-11-8/h7-8,10-11H,3-6H2,1-2H3. The van der Waals surface area contributed by atoms with Crippen LogP contribution in [-0.4, -0.2) is 31.8 Å². The van der Waals surface area contributed by atoms with Gasteiger partial charge in [-0.25, -0.2) is 0 Å². The van der Waals surface area contributed by atoms with E-state index in [4.69, 9.17) is 4.74 Å². The molecule has 4 heteroatoms. The molecule has 0 aromatic carbocycles. The van der Waals surface area contributed by atoms with Crippen molar-refractivity contribution in [2.45, 2.75) is 26.4 Å². The lowest BCUT2D eigenvalue weighted by Crippen LogP contribution is -2.54. The summed E-state index contributed by atoms with van der Waals surface area (Å²) in [6.07, 6.45) is 1.19. The fourth-order valence-electron chi connectivity index (χ4n) is 1.44. The van der Waals surface area contributed by atoms with Crippen molar-refractivity contribution < 1.29 is 9.53 Å². The second-order valence-electron chi connectivity index (χ2n) is 3.28. The second-order valence-corrected chi connectivity index (χ2v) is 3.28. The predicted molar refractivity (Wildman–Crippen MR) is 50.2 cm³/mol. The highest BCUT2D eigenvalue weighted by Gasteiger charge is 2.25. The molecular formula is C9H18N2O2. The van der Waals surface area contributed by atoms with Gasteiger partial charge in [0.15, 0.2) is 0 Å². The second kappa shape index (κ2) is 5.19. The van der Waals surface area contributed by atoms with E-state index in [1.165, 1.54) is 0 Å². The Bertz CT molecular complexity index is 167. The molecule has 1 rings (SSSR count). The maximum absolute atomic E-state index is 11.3. The molecule has 1 unspecified atom stereocenters. The Kier molecular flexibility index (Phi) is 4.18. The van der Waals surface area contributed by atoms with E-state index in [1.807, 2.05) is 13.8 Å². The Labute approximate surface area is 79.0 Å². The van der Waals surface area contributed by atoms with E-state index in [1.54, 1.807) is 0 Å². The van der Waals surface area contributed by atoms with Crippen LogP contribution in [0, 0.1) is 5.92 Å². The first-order chi connectivity index (χ1) is 6.25. The van der Waals surface area contributed by atoms with E-state index in [0.717, 1.165) is 19.5 Å². The zero-order valence-electron chi connectivity index (χ0n) is 8.30. The van der Waals surface area contributed by atoms with Crippen LogP contribution in [0.1, 0.15) is 20.3 Å². The molecule has 0 aromatic heterocycles. The maximum atomic E-state index is 11.3. The SMILES string of the molecule is CCOC(=O)C(C)C1NCCCN1. The van der Waals surface area contributed by atoms with Crippen LogP contribution < -0.4 is 10.6 Å². The lowest BCUT2D eigenvalue weighted by atomic mass is 10.1. The third-order valence-corrected chi connectivity index (χ3v) is 2.24. The molecule has 1 fully saturated rings. The average molecular weight is 186 g/mol. The summed E-state index contributed by atoms with van der Waals surface area (Å²) >= 11 is 0. The van der Waals surface area contributed by atoms with Crippen LogP contribution in [0.5, 0.6) is 0 Å². The molecule has 13 heavy (non-hydrogen) atoms. The molecule has 0 saturated carbocycles. The highest BCUT2D eigenvalue weighted by Crippen LogP contribution is 2.05. The molecule has 0 aromatic rings. The van der Waals surface area contributed by atoms with Crippen molar-refractivity contribution in [1.82, 2.24) is 10.6 Å². The molecule has 4 nitrogen and oxygen atoms in total. The van der Waals surface area contributed by atoms with Crippen molar-refractivity contribution in [3.8, 4) is 0 Å². The van der Waals surface area contributed by atoms with E-state index in [-0.39, 0.29) is 18.1 Å². The molecule has 1 aliphatic heterocycles. The number of hydrogen-bond donors (Lipinski definition) is 2. The van der Waals surface area contributed by atoms with E-state index in [2.05, 4.69) is 10.6 Å². The third-order valence-electron chi connectivity index (χ3n) is 2.24. The fourth-order valence-corrected chi connectivity index (χ4v) is 1.44. The van der Waals surface area contributed by atoms with Crippen LogP contribution in [0.25, 0.3) is 0 Å². The molecule has 0 aliphatic carbocycles. The Hall–Kier alpha value is -0.610. The molecule has 1 atom stereocenters. The smallest absolute Gasteiger partial charge is 0.311 e. The molecule has 1 aliphatic rings. The number of carbonyl (C=O) groups excluding carboxylic acids is 1. The molecule has 0 bridgehead atoms. The van der Waals surface area contributed by atoms with Gasteiger partial charge in [0.1, 0.15) is 0 Å². The molecular weight excluding hydrogens is 168 g/mol. The zero-order valence-corrected chi connectivity index (χ0v) is 8.30. The van der Waals surface area contributed by atoms with Gasteiger partial charge < -0.3 is 15.4 Å². The van der Waals surface area contributed by atoms with Gasteiger partial charge in [-0.3, -0.25) is 4.79 Å². The normalized spacial score (nSPS) is 21.1. The summed E-state index contributed by atoms with van der Waals surface area (Å²) in [5.41, 5.74) is 0. The van der Waals surface area contributed by atoms with Gasteiger partial charge in [0.25, 0.3) is 0 Å². The van der Waals surface area contributed by atoms with Gasteiger partial charge in [0, 0.05) is 0 Å². The number of esters is 1. The Morgan fingerprint density at radius 1 is 1.54 bits per heavy atom. The molecule has 0 spiro atoms. The molecule has 0 radical (unpaired) electrons. The van der Waals surface area contributed by atoms with Crippen molar-refractivity contribution >= 4 is 5.97 Å². The third kappa shape index (κ3) is 2.97. The van der Waals surface area contributed by atoms with E-state index >= 15 is 0 Å². The summed E-state index contributed by atoms with van der Waals surface area (Å²) in [4.78, 5) is 11.3. The summed E-state index contributed by atoms with van der Waals surface area (Å²) < 4.78 is 4.94. The molecule has 76 valence electrons. The van der Waals surface area contributed by atoms with Crippen LogP contribution in [-0.2, 0) is 9.53 Å². The highest BCUT2D eigenvalue weighted by atomic mass is 16.5. The number of rotatable bonds is 3. The summed E-state index contributed by atoms with van der Waals surface area (Å²) in [7, 11) is 0. The monoisotopic (exact) mass is 186 g/mol. The highest BCUT2D eigenvalue weighted by molar-refractivity contribution is 5.72. The largest absolute Gasteiger partial charge is 0.466 e. The van der Waals surface area contributed by atoms with Gasteiger partial charge in [0.05, 0.1) is 18.7 Å². The maximum Gasteiger partial charge on any atom is 0.311 e. The number of ether oxygens (including phenoxy) is 1. The van der Waals surface area contributed by atoms with Gasteiger partial charge in [-0.05, 0) is 33.4 Å². The van der Waals surface area contributed by atoms with E-state index in [0.29, 0.717) is 6.61 Å². The summed E-state index contributed by atoms with van der Waals surface area (Å²) in [5.74, 6) is -0.241. The van der Waals surface area contributed by atoms with Crippen LogP contribution in [0.4, 0.5) is 0 Å². The van der Waals surface area contributed by atoms with Crippen molar-refractivity contribution in [2.24, 2.45) is 5.92 Å². The summed E-state index contributed by atoms with van der Waals surface area (Å²) in [5, 5.41) is 6.49. The van der Waals surface area contributed by atoms with Gasteiger partial charge >= 0.3 is 5.97 Å². The van der Waals surface area contributed by atoms with Crippen molar-refractivity contribution in [3.05, 3.63) is 0 Å². The van der Waals surface area contributed by atoms with Crippen molar-refractivity contribution in [2.75, 3.05) is 19.7 Å². The summed E-state index contributed by atoms with van der Waals surface area (Å²) in [6, 6.07) is 0. The topological polar surface area (TPSA) is 50.4 Å². The first kappa shape index (κ1) is 10.5. The van der Waals surface area contributed by atoms with Gasteiger partial charge in [-0.15, -0.1) is 0 Å². The Morgan fingerprint density at radius 3 is 2.69 bits per heavy atom. The first-order valence-corrected chi connectivity index (χ1v) is 4.89. The Morgan fingerprint density at radius 2 is 2.15 bits per heavy atom. The molecule has 1 saturated heterocycles. The minimum Gasteiger partial charge on any atom is -0.466 e. The van der Waals surface area contributed by atoms with Crippen LogP contribution >= 0.6 is 0 Å². The van der Waals surface area contributed by atoms with E-state index < -0.39 is 0 Å². The molecule has 2 N–H and O–H groups in total. The average Bonchev–Trinajstić information content (AvgIpc) is 2.18. The first-order valence-electron chi connectivity index (χ1n) is 4.89. The quantitative estimate of drug-likeness (QED) is 0.614. The minimum absolute atomic E-state index is 0.0767. The molecule has 1 heterocycles. The van der Waals surface area contributed by atoms with Gasteiger partial charge in [-0.1, -0.05) is 0 Å². The Balaban J connectivity index is 2.35. The minimum atomic E-state index is -0.130. The number of hydrogen-bond acceptors (Lipinski definition) is 4. The lowest BCUT2D eigenvalue weighted by Gasteiger charge is -2.28. The van der Waals surface area contributed by atoms with Crippen molar-refractivity contribution in [1.29, 1.82) is 0 Å². The van der Waals surface area contributed by atoms with Crippen LogP contribution in [0.15, 0.2) is 0 Å². The van der Waals surface area contributed by atoms with Crippen molar-refractivity contribution in [3.63, 3.8) is 0 Å². The zero-order chi connectivity index (χ0) is 9.68. The van der Waals surface area contributed by atoms with E-state index in [9.17, 15) is 4.79 Å². The summed E-state index contributed by atoms with van der Waals surface area (Å²) in [6.45, 7) is 6.11.